The number of amidine groups is 1. The van der Waals surface area contributed by atoms with Crippen molar-refractivity contribution in [2.75, 3.05) is 20.2 Å². The highest BCUT2D eigenvalue weighted by molar-refractivity contribution is 6.00. The number of rotatable bonds is 2. The number of hydrogen-bond donors (Lipinski definition) is 1. The molecule has 0 saturated carbocycles. The number of oxime groups is 1. The molecule has 1 aliphatic rings. The zero-order valence-corrected chi connectivity index (χ0v) is 8.88. The molecule has 16 heavy (non-hydrogen) atoms. The molecule has 84 valence electrons. The van der Waals surface area contributed by atoms with Crippen LogP contribution in [0.15, 0.2) is 29.4 Å². The summed E-state index contributed by atoms with van der Waals surface area (Å²) in [6.07, 6.45) is 0. The summed E-state index contributed by atoms with van der Waals surface area (Å²) in [4.78, 5) is 13.1. The van der Waals surface area contributed by atoms with Gasteiger partial charge in [0, 0.05) is 18.7 Å². The van der Waals surface area contributed by atoms with Crippen LogP contribution < -0.4 is 0 Å². The molecule has 1 fully saturated rings. The zero-order chi connectivity index (χ0) is 11.5. The molecule has 1 heterocycles. The van der Waals surface area contributed by atoms with Crippen LogP contribution in [0.25, 0.3) is 0 Å². The summed E-state index contributed by atoms with van der Waals surface area (Å²) in [5, 5.41) is 12.1. The number of ether oxygens (including phenoxy) is 1. The van der Waals surface area contributed by atoms with Gasteiger partial charge in [-0.05, 0) is 12.1 Å². The van der Waals surface area contributed by atoms with Gasteiger partial charge in [0.25, 0.3) is 0 Å². The lowest BCUT2D eigenvalue weighted by atomic mass is 10.1. The second-order valence-corrected chi connectivity index (χ2v) is 3.48. The Kier molecular flexibility index (Phi) is 2.76. The number of methoxy groups -OCH3 is 1. The lowest BCUT2D eigenvalue weighted by molar-refractivity contribution is 0.0601. The second kappa shape index (κ2) is 4.22. The number of carbonyl (C=O) groups is 1. The molecule has 1 aliphatic heterocycles. The van der Waals surface area contributed by atoms with Crippen molar-refractivity contribution in [1.82, 2.24) is 4.90 Å². The first-order valence-corrected chi connectivity index (χ1v) is 4.92. The maximum atomic E-state index is 11.2. The number of benzene rings is 1. The van der Waals surface area contributed by atoms with Crippen molar-refractivity contribution in [2.45, 2.75) is 0 Å². The van der Waals surface area contributed by atoms with Gasteiger partial charge in [0.05, 0.1) is 12.7 Å². The van der Waals surface area contributed by atoms with Gasteiger partial charge in [-0.15, -0.1) is 0 Å². The van der Waals surface area contributed by atoms with Gasteiger partial charge in [0.15, 0.2) is 5.84 Å². The van der Waals surface area contributed by atoms with Gasteiger partial charge in [0.2, 0.25) is 0 Å². The Morgan fingerprint density at radius 3 is 2.31 bits per heavy atom. The third-order valence-corrected chi connectivity index (χ3v) is 2.41. The van der Waals surface area contributed by atoms with Crippen LogP contribution in [0.1, 0.15) is 15.9 Å². The average Bonchev–Trinajstić information content (AvgIpc) is 3.14. The maximum absolute atomic E-state index is 11.2. The van der Waals surface area contributed by atoms with Gasteiger partial charge < -0.3 is 14.8 Å². The van der Waals surface area contributed by atoms with Crippen LogP contribution in [0, 0.1) is 0 Å². The highest BCUT2D eigenvalue weighted by Gasteiger charge is 2.24. The molecule has 2 rings (SSSR count). The Hall–Kier alpha value is -2.04. The fourth-order valence-electron chi connectivity index (χ4n) is 1.44. The van der Waals surface area contributed by atoms with Crippen LogP contribution in [0.2, 0.25) is 0 Å². The molecule has 5 heteroatoms. The standard InChI is InChI=1S/C11H12N2O3/c1-16-11(14)9-4-2-8(3-5-9)10(12-15)13-6-7-13/h2-5,15H,6-7H2,1H3/b12-10+. The fourth-order valence-corrected chi connectivity index (χ4v) is 1.44. The summed E-state index contributed by atoms with van der Waals surface area (Å²) >= 11 is 0. The van der Waals surface area contributed by atoms with Crippen LogP contribution in [0.5, 0.6) is 0 Å². The molecule has 0 aromatic heterocycles. The molecule has 0 amide bonds. The molecular weight excluding hydrogens is 208 g/mol. The first-order chi connectivity index (χ1) is 7.76. The third kappa shape index (κ3) is 1.98. The van der Waals surface area contributed by atoms with Gasteiger partial charge >= 0.3 is 5.97 Å². The zero-order valence-electron chi connectivity index (χ0n) is 8.88. The molecule has 1 aromatic rings. The van der Waals surface area contributed by atoms with E-state index in [-0.39, 0.29) is 5.97 Å². The van der Waals surface area contributed by atoms with E-state index in [1.54, 1.807) is 24.3 Å². The third-order valence-electron chi connectivity index (χ3n) is 2.41. The van der Waals surface area contributed by atoms with Crippen molar-refractivity contribution >= 4 is 11.8 Å². The van der Waals surface area contributed by atoms with Crippen molar-refractivity contribution in [3.63, 3.8) is 0 Å². The number of carbonyl (C=O) groups excluding carboxylic acids is 1. The van der Waals surface area contributed by atoms with Crippen molar-refractivity contribution in [3.8, 4) is 0 Å². The first kappa shape index (κ1) is 10.5. The van der Waals surface area contributed by atoms with Gasteiger partial charge in [-0.25, -0.2) is 4.79 Å². The highest BCUT2D eigenvalue weighted by atomic mass is 16.5. The predicted octanol–water partition coefficient (Wildman–Crippen LogP) is 0.925. The van der Waals surface area contributed by atoms with Crippen molar-refractivity contribution in [2.24, 2.45) is 5.16 Å². The van der Waals surface area contributed by atoms with Gasteiger partial charge in [-0.3, -0.25) is 0 Å². The first-order valence-electron chi connectivity index (χ1n) is 4.92. The molecule has 1 aromatic carbocycles. The minimum absolute atomic E-state index is 0.374. The van der Waals surface area contributed by atoms with Gasteiger partial charge in [0.1, 0.15) is 0 Å². The van der Waals surface area contributed by atoms with E-state index in [1.807, 2.05) is 4.90 Å². The van der Waals surface area contributed by atoms with Gasteiger partial charge in [-0.2, -0.15) is 0 Å². The van der Waals surface area contributed by atoms with E-state index in [9.17, 15) is 4.79 Å². The van der Waals surface area contributed by atoms with Crippen LogP contribution in [-0.4, -0.2) is 42.1 Å². The van der Waals surface area contributed by atoms with Crippen LogP contribution in [-0.2, 0) is 4.74 Å². The van der Waals surface area contributed by atoms with Gasteiger partial charge in [-0.1, -0.05) is 17.3 Å². The van der Waals surface area contributed by atoms with Crippen molar-refractivity contribution in [3.05, 3.63) is 35.4 Å². The lowest BCUT2D eigenvalue weighted by Gasteiger charge is -2.06. The topological polar surface area (TPSA) is 61.9 Å². The average molecular weight is 220 g/mol. The smallest absolute Gasteiger partial charge is 0.337 e. The van der Waals surface area contributed by atoms with Crippen LogP contribution in [0.3, 0.4) is 0 Å². The highest BCUT2D eigenvalue weighted by Crippen LogP contribution is 2.14. The second-order valence-electron chi connectivity index (χ2n) is 3.48. The summed E-state index contributed by atoms with van der Waals surface area (Å²) in [5.41, 5.74) is 1.27. The van der Waals surface area contributed by atoms with Crippen molar-refractivity contribution < 1.29 is 14.7 Å². The number of esters is 1. The lowest BCUT2D eigenvalue weighted by Crippen LogP contribution is -2.12. The summed E-state index contributed by atoms with van der Waals surface area (Å²) in [6, 6.07) is 6.77. The number of nitrogens with zero attached hydrogens (tertiary/aromatic N) is 2. The summed E-state index contributed by atoms with van der Waals surface area (Å²) in [7, 11) is 1.34. The van der Waals surface area contributed by atoms with E-state index in [0.717, 1.165) is 18.7 Å². The van der Waals surface area contributed by atoms with E-state index < -0.39 is 0 Å². The Balaban J connectivity index is 2.21. The van der Waals surface area contributed by atoms with Crippen molar-refractivity contribution in [1.29, 1.82) is 0 Å². The molecule has 0 bridgehead atoms. The number of hydrogen-bond acceptors (Lipinski definition) is 4. The predicted molar refractivity (Wildman–Crippen MR) is 57.7 cm³/mol. The minimum Gasteiger partial charge on any atom is -0.465 e. The monoisotopic (exact) mass is 220 g/mol. The summed E-state index contributed by atoms with van der Waals surface area (Å²) in [5.74, 6) is 0.164. The molecule has 1 saturated heterocycles. The van der Waals surface area contributed by atoms with Crippen LogP contribution >= 0.6 is 0 Å². The normalized spacial score (nSPS) is 14.8. The van der Waals surface area contributed by atoms with E-state index in [4.69, 9.17) is 5.21 Å². The molecule has 5 nitrogen and oxygen atoms in total. The summed E-state index contributed by atoms with van der Waals surface area (Å²) < 4.78 is 4.59. The maximum Gasteiger partial charge on any atom is 0.337 e. The Labute approximate surface area is 92.9 Å². The van der Waals surface area contributed by atoms with E-state index in [2.05, 4.69) is 9.89 Å². The fraction of sp³-hybridized carbons (Fsp3) is 0.273. The molecule has 0 radical (unpaired) electrons. The molecule has 0 atom stereocenters. The van der Waals surface area contributed by atoms with E-state index >= 15 is 0 Å². The Morgan fingerprint density at radius 2 is 1.88 bits per heavy atom. The molecule has 0 unspecified atom stereocenters. The molecule has 0 spiro atoms. The molecular formula is C11H12N2O3. The van der Waals surface area contributed by atoms with Crippen LogP contribution in [0.4, 0.5) is 0 Å². The minimum atomic E-state index is -0.374. The SMILES string of the molecule is COC(=O)c1ccc(/C(=N\O)N2CC2)cc1. The quantitative estimate of drug-likeness (QED) is 0.201. The molecule has 0 aliphatic carbocycles. The molecule has 1 N–H and O–H groups in total. The Morgan fingerprint density at radius 1 is 1.31 bits per heavy atom. The van der Waals surface area contributed by atoms with E-state index in [0.29, 0.717) is 11.4 Å². The summed E-state index contributed by atoms with van der Waals surface area (Å²) in [6.45, 7) is 1.80. The van der Waals surface area contributed by atoms with E-state index in [1.165, 1.54) is 7.11 Å². The largest absolute Gasteiger partial charge is 0.465 e. The Bertz CT molecular complexity index is 421.